The maximum atomic E-state index is 12.3. The summed E-state index contributed by atoms with van der Waals surface area (Å²) in [5, 5.41) is 5.41. The first-order valence-electron chi connectivity index (χ1n) is 10.5. The van der Waals surface area contributed by atoms with Crippen LogP contribution in [0.2, 0.25) is 0 Å². The molecule has 2 fully saturated rings. The molecule has 166 valence electrons. The van der Waals surface area contributed by atoms with Crippen molar-refractivity contribution in [1.29, 1.82) is 0 Å². The fourth-order valence-electron chi connectivity index (χ4n) is 3.84. The largest absolute Gasteiger partial charge is 0.452 e. The molecule has 9 nitrogen and oxygen atoms in total. The van der Waals surface area contributed by atoms with Gasteiger partial charge in [0.05, 0.1) is 5.56 Å². The number of esters is 1. The second-order valence-electron chi connectivity index (χ2n) is 7.70. The molecular weight excluding hydrogens is 412 g/mol. The van der Waals surface area contributed by atoms with Crippen molar-refractivity contribution in [1.82, 2.24) is 5.32 Å². The quantitative estimate of drug-likeness (QED) is 0.677. The number of carbonyl (C=O) groups excluding carboxylic acids is 4. The Labute approximate surface area is 185 Å². The van der Waals surface area contributed by atoms with Crippen LogP contribution in [0.4, 0.5) is 21.9 Å². The van der Waals surface area contributed by atoms with E-state index >= 15 is 0 Å². The number of benzene rings is 2. The van der Waals surface area contributed by atoms with Gasteiger partial charge < -0.3 is 20.3 Å². The average Bonchev–Trinajstić information content (AvgIpc) is 3.40. The Balaban J connectivity index is 1.30. The first-order chi connectivity index (χ1) is 15.4. The number of hydrogen-bond acceptors (Lipinski definition) is 5. The van der Waals surface area contributed by atoms with Crippen molar-refractivity contribution in [2.45, 2.75) is 19.8 Å². The highest BCUT2D eigenvalue weighted by Crippen LogP contribution is 2.24. The van der Waals surface area contributed by atoms with Gasteiger partial charge >= 0.3 is 12.0 Å². The number of rotatable bonds is 6. The molecule has 2 aliphatic heterocycles. The molecule has 2 aromatic carbocycles. The Kier molecular flexibility index (Phi) is 6.07. The maximum Gasteiger partial charge on any atom is 0.338 e. The molecule has 0 unspecified atom stereocenters. The van der Waals surface area contributed by atoms with Crippen molar-refractivity contribution >= 4 is 40.9 Å². The Hall–Kier alpha value is -3.88. The van der Waals surface area contributed by atoms with Crippen LogP contribution >= 0.6 is 0 Å². The van der Waals surface area contributed by atoms with E-state index in [4.69, 9.17) is 4.74 Å². The minimum absolute atomic E-state index is 0.0978. The van der Waals surface area contributed by atoms with E-state index < -0.39 is 18.5 Å². The van der Waals surface area contributed by atoms with E-state index in [2.05, 4.69) is 10.6 Å². The predicted molar refractivity (Wildman–Crippen MR) is 119 cm³/mol. The zero-order valence-corrected chi connectivity index (χ0v) is 17.7. The smallest absolute Gasteiger partial charge is 0.338 e. The molecular formula is C23H24N4O5. The Bertz CT molecular complexity index is 1070. The van der Waals surface area contributed by atoms with E-state index in [1.54, 1.807) is 52.3 Å². The molecule has 0 bridgehead atoms. The molecule has 0 aliphatic carbocycles. The maximum absolute atomic E-state index is 12.3. The predicted octanol–water partition coefficient (Wildman–Crippen LogP) is 2.45. The topological polar surface area (TPSA) is 108 Å². The summed E-state index contributed by atoms with van der Waals surface area (Å²) >= 11 is 0. The van der Waals surface area contributed by atoms with Crippen LogP contribution in [0.25, 0.3) is 0 Å². The Morgan fingerprint density at radius 3 is 2.47 bits per heavy atom. The fraction of sp³-hybridized carbons (Fsp3) is 0.304. The number of nitrogens with zero attached hydrogens (tertiary/aromatic N) is 2. The van der Waals surface area contributed by atoms with Gasteiger partial charge in [-0.15, -0.1) is 0 Å². The minimum Gasteiger partial charge on any atom is -0.452 e. The summed E-state index contributed by atoms with van der Waals surface area (Å²) in [7, 11) is 0. The molecule has 0 spiro atoms. The molecule has 0 radical (unpaired) electrons. The van der Waals surface area contributed by atoms with Gasteiger partial charge in [0.15, 0.2) is 6.61 Å². The molecule has 0 saturated carbocycles. The molecule has 0 atom stereocenters. The van der Waals surface area contributed by atoms with Crippen molar-refractivity contribution in [3.63, 3.8) is 0 Å². The van der Waals surface area contributed by atoms with Crippen LogP contribution < -0.4 is 20.4 Å². The summed E-state index contributed by atoms with van der Waals surface area (Å²) < 4.78 is 5.13. The van der Waals surface area contributed by atoms with Gasteiger partial charge in [-0.2, -0.15) is 0 Å². The van der Waals surface area contributed by atoms with Gasteiger partial charge in [0, 0.05) is 43.1 Å². The number of amides is 4. The molecule has 0 aromatic heterocycles. The Morgan fingerprint density at radius 2 is 1.84 bits per heavy atom. The summed E-state index contributed by atoms with van der Waals surface area (Å²) in [5.41, 5.74) is 3.14. The van der Waals surface area contributed by atoms with Crippen molar-refractivity contribution in [3.05, 3.63) is 53.6 Å². The van der Waals surface area contributed by atoms with Crippen LogP contribution in [0, 0.1) is 6.92 Å². The van der Waals surface area contributed by atoms with Crippen LogP contribution in [0.3, 0.4) is 0 Å². The van der Waals surface area contributed by atoms with E-state index in [1.165, 1.54) is 0 Å². The van der Waals surface area contributed by atoms with Crippen LogP contribution in [0.1, 0.15) is 28.8 Å². The van der Waals surface area contributed by atoms with Gasteiger partial charge in [-0.05, 0) is 61.4 Å². The molecule has 2 aliphatic rings. The molecule has 2 aromatic rings. The lowest BCUT2D eigenvalue weighted by atomic mass is 10.1. The van der Waals surface area contributed by atoms with Gasteiger partial charge in [0.25, 0.3) is 5.91 Å². The minimum atomic E-state index is -0.622. The number of urea groups is 1. The van der Waals surface area contributed by atoms with E-state index in [0.717, 1.165) is 23.4 Å². The van der Waals surface area contributed by atoms with Crippen molar-refractivity contribution < 1.29 is 23.9 Å². The van der Waals surface area contributed by atoms with Gasteiger partial charge in [-0.25, -0.2) is 9.59 Å². The van der Waals surface area contributed by atoms with Gasteiger partial charge in [0.2, 0.25) is 5.91 Å². The monoisotopic (exact) mass is 436 g/mol. The standard InChI is InChI=1S/C23H24N4O5/c1-15-13-16(4-9-19(15)27-12-10-24-23(27)31)22(30)32-14-20(28)25-17-5-7-18(8-6-17)26-11-2-3-21(26)29/h4-9,13H,2-3,10-12,14H2,1H3,(H,24,31)(H,25,28). The average molecular weight is 436 g/mol. The number of nitrogens with one attached hydrogen (secondary N) is 2. The highest BCUT2D eigenvalue weighted by molar-refractivity contribution is 5.98. The summed E-state index contributed by atoms with van der Waals surface area (Å²) in [5.74, 6) is -0.991. The van der Waals surface area contributed by atoms with Crippen molar-refractivity contribution in [2.24, 2.45) is 0 Å². The number of anilines is 3. The second-order valence-corrected chi connectivity index (χ2v) is 7.70. The third-order valence-corrected chi connectivity index (χ3v) is 5.45. The van der Waals surface area contributed by atoms with Crippen molar-refractivity contribution in [2.75, 3.05) is 41.4 Å². The van der Waals surface area contributed by atoms with E-state index in [-0.39, 0.29) is 11.9 Å². The number of aryl methyl sites for hydroxylation is 1. The Morgan fingerprint density at radius 1 is 1.06 bits per heavy atom. The normalized spacial score (nSPS) is 15.7. The molecule has 4 amide bonds. The summed E-state index contributed by atoms with van der Waals surface area (Å²) in [6, 6.07) is 11.7. The first-order valence-corrected chi connectivity index (χ1v) is 10.5. The third kappa shape index (κ3) is 4.56. The summed E-state index contributed by atoms with van der Waals surface area (Å²) in [6.07, 6.45) is 1.40. The molecule has 2 saturated heterocycles. The van der Waals surface area contributed by atoms with E-state index in [9.17, 15) is 19.2 Å². The lowest BCUT2D eigenvalue weighted by Gasteiger charge is -2.17. The van der Waals surface area contributed by atoms with Crippen LogP contribution in [-0.2, 0) is 14.3 Å². The SMILES string of the molecule is Cc1cc(C(=O)OCC(=O)Nc2ccc(N3CCCC3=O)cc2)ccc1N1CCNC1=O. The number of carbonyl (C=O) groups is 4. The molecule has 2 heterocycles. The molecule has 9 heteroatoms. The lowest BCUT2D eigenvalue weighted by molar-refractivity contribution is -0.119. The van der Waals surface area contributed by atoms with Crippen LogP contribution in [-0.4, -0.2) is 50.1 Å². The van der Waals surface area contributed by atoms with Gasteiger partial charge in [-0.1, -0.05) is 0 Å². The third-order valence-electron chi connectivity index (χ3n) is 5.45. The molecule has 32 heavy (non-hydrogen) atoms. The van der Waals surface area contributed by atoms with Gasteiger partial charge in [-0.3, -0.25) is 14.5 Å². The van der Waals surface area contributed by atoms with Crippen molar-refractivity contribution in [3.8, 4) is 0 Å². The van der Waals surface area contributed by atoms with Crippen LogP contribution in [0.5, 0.6) is 0 Å². The fourth-order valence-corrected chi connectivity index (χ4v) is 3.84. The highest BCUT2D eigenvalue weighted by Gasteiger charge is 2.23. The number of hydrogen-bond donors (Lipinski definition) is 2. The molecule has 2 N–H and O–H groups in total. The molecule has 4 rings (SSSR count). The second kappa shape index (κ2) is 9.09. The lowest BCUT2D eigenvalue weighted by Crippen LogP contribution is -2.28. The first kappa shape index (κ1) is 21.4. The van der Waals surface area contributed by atoms with Gasteiger partial charge in [0.1, 0.15) is 0 Å². The highest BCUT2D eigenvalue weighted by atomic mass is 16.5. The van der Waals surface area contributed by atoms with Crippen LogP contribution in [0.15, 0.2) is 42.5 Å². The zero-order chi connectivity index (χ0) is 22.7. The van der Waals surface area contributed by atoms with E-state index in [0.29, 0.717) is 37.3 Å². The zero-order valence-electron chi connectivity index (χ0n) is 17.7. The van der Waals surface area contributed by atoms with E-state index in [1.807, 2.05) is 6.92 Å². The summed E-state index contributed by atoms with van der Waals surface area (Å²) in [4.78, 5) is 51.5. The summed E-state index contributed by atoms with van der Waals surface area (Å²) in [6.45, 7) is 3.23. The number of ether oxygens (including phenoxy) is 1.